The van der Waals surface area contributed by atoms with Crippen LogP contribution in [0.25, 0.3) is 0 Å². The van der Waals surface area contributed by atoms with Crippen LogP contribution in [0.15, 0.2) is 18.2 Å². The Morgan fingerprint density at radius 2 is 2.16 bits per heavy atom. The van der Waals surface area contributed by atoms with Crippen molar-refractivity contribution in [2.45, 2.75) is 18.9 Å². The monoisotopic (exact) mass is 282 g/mol. The number of carboxylic acid groups (broad SMARTS) is 1. The molecule has 0 aromatic heterocycles. The topological polar surface area (TPSA) is 69.6 Å². The molecule has 0 heterocycles. The Morgan fingerprint density at radius 3 is 2.68 bits per heavy atom. The Bertz CT molecular complexity index is 515. The largest absolute Gasteiger partial charge is 0.478 e. The fourth-order valence-corrected chi connectivity index (χ4v) is 2.08. The smallest absolute Gasteiger partial charge is 0.335 e. The minimum atomic E-state index is -1.03. The zero-order valence-electron chi connectivity index (χ0n) is 10.5. The van der Waals surface area contributed by atoms with Crippen molar-refractivity contribution in [1.29, 1.82) is 0 Å². The predicted octanol–water partition coefficient (Wildman–Crippen LogP) is 1.75. The molecule has 2 N–H and O–H groups in total. The number of hydrogen-bond acceptors (Lipinski definition) is 3. The van der Waals surface area contributed by atoms with Crippen molar-refractivity contribution in [2.75, 3.05) is 18.5 Å². The molecular weight excluding hydrogens is 268 g/mol. The molecular formula is C13H15ClN2O3. The summed E-state index contributed by atoms with van der Waals surface area (Å²) in [7, 11) is 1.74. The number of benzene rings is 1. The summed E-state index contributed by atoms with van der Waals surface area (Å²) < 4.78 is 0. The van der Waals surface area contributed by atoms with E-state index in [9.17, 15) is 9.59 Å². The molecule has 1 saturated carbocycles. The van der Waals surface area contributed by atoms with Gasteiger partial charge in [-0.15, -0.1) is 0 Å². The van der Waals surface area contributed by atoms with Crippen molar-refractivity contribution in [3.63, 3.8) is 0 Å². The van der Waals surface area contributed by atoms with Crippen molar-refractivity contribution in [3.05, 3.63) is 28.8 Å². The molecule has 0 bridgehead atoms. The zero-order valence-corrected chi connectivity index (χ0v) is 11.3. The summed E-state index contributed by atoms with van der Waals surface area (Å²) in [4.78, 5) is 24.2. The van der Waals surface area contributed by atoms with Crippen LogP contribution in [0.4, 0.5) is 5.69 Å². The highest BCUT2D eigenvalue weighted by atomic mass is 35.5. The van der Waals surface area contributed by atoms with Crippen molar-refractivity contribution >= 4 is 29.2 Å². The summed E-state index contributed by atoms with van der Waals surface area (Å²) in [5.74, 6) is -1.08. The molecule has 1 amide bonds. The molecule has 5 nitrogen and oxygen atoms in total. The van der Waals surface area contributed by atoms with Gasteiger partial charge in [-0.25, -0.2) is 4.79 Å². The fourth-order valence-electron chi connectivity index (χ4n) is 1.75. The quantitative estimate of drug-likeness (QED) is 0.863. The van der Waals surface area contributed by atoms with Crippen molar-refractivity contribution in [2.24, 2.45) is 0 Å². The number of amides is 1. The lowest BCUT2D eigenvalue weighted by molar-refractivity contribution is -0.119. The van der Waals surface area contributed by atoms with Crippen LogP contribution in [0.3, 0.4) is 0 Å². The van der Waals surface area contributed by atoms with Gasteiger partial charge in [-0.1, -0.05) is 11.6 Å². The molecule has 0 aliphatic heterocycles. The standard InChI is InChI=1S/C13H15ClN2O3/c1-16(7-12(17)15-9-3-4-9)11-5-2-8(13(18)19)6-10(11)14/h2,5-6,9H,3-4,7H2,1H3,(H,15,17)(H,18,19). The van der Waals surface area contributed by atoms with Gasteiger partial charge >= 0.3 is 5.97 Å². The molecule has 0 saturated heterocycles. The minimum Gasteiger partial charge on any atom is -0.478 e. The van der Waals surface area contributed by atoms with Gasteiger partial charge in [-0.2, -0.15) is 0 Å². The van der Waals surface area contributed by atoms with Gasteiger partial charge in [0.15, 0.2) is 0 Å². The van der Waals surface area contributed by atoms with Crippen LogP contribution >= 0.6 is 11.6 Å². The van der Waals surface area contributed by atoms with Crippen LogP contribution in [-0.4, -0.2) is 36.6 Å². The second kappa shape index (κ2) is 5.48. The number of carbonyl (C=O) groups is 2. The number of rotatable bonds is 5. The molecule has 0 atom stereocenters. The lowest BCUT2D eigenvalue weighted by atomic mass is 10.2. The first-order chi connectivity index (χ1) is 8.97. The fraction of sp³-hybridized carbons (Fsp3) is 0.385. The number of halogens is 1. The molecule has 1 aliphatic rings. The van der Waals surface area contributed by atoms with Crippen molar-refractivity contribution in [1.82, 2.24) is 5.32 Å². The van der Waals surface area contributed by atoms with E-state index in [-0.39, 0.29) is 18.0 Å². The lowest BCUT2D eigenvalue weighted by Gasteiger charge is -2.20. The lowest BCUT2D eigenvalue weighted by Crippen LogP contribution is -2.36. The van der Waals surface area contributed by atoms with E-state index >= 15 is 0 Å². The average molecular weight is 283 g/mol. The summed E-state index contributed by atoms with van der Waals surface area (Å²) >= 11 is 6.03. The number of carboxylic acids is 1. The van der Waals surface area contributed by atoms with Gasteiger partial charge in [0.25, 0.3) is 0 Å². The van der Waals surface area contributed by atoms with E-state index in [0.717, 1.165) is 12.8 Å². The molecule has 19 heavy (non-hydrogen) atoms. The van der Waals surface area contributed by atoms with Crippen LogP contribution in [0.1, 0.15) is 23.2 Å². The third-order valence-corrected chi connectivity index (χ3v) is 3.23. The first-order valence-corrected chi connectivity index (χ1v) is 6.38. The Hall–Kier alpha value is -1.75. The number of nitrogens with one attached hydrogen (secondary N) is 1. The van der Waals surface area contributed by atoms with E-state index in [1.54, 1.807) is 18.0 Å². The molecule has 1 aliphatic carbocycles. The number of carbonyl (C=O) groups excluding carboxylic acids is 1. The van der Waals surface area contributed by atoms with Gasteiger partial charge in [0, 0.05) is 13.1 Å². The summed E-state index contributed by atoms with van der Waals surface area (Å²) in [5, 5.41) is 12.1. The molecule has 0 spiro atoms. The molecule has 102 valence electrons. The summed E-state index contributed by atoms with van der Waals surface area (Å²) in [6.45, 7) is 0.197. The number of anilines is 1. The first-order valence-electron chi connectivity index (χ1n) is 6.00. The van der Waals surface area contributed by atoms with Gasteiger partial charge in [-0.3, -0.25) is 4.79 Å². The maximum Gasteiger partial charge on any atom is 0.335 e. The van der Waals surface area contributed by atoms with Crippen molar-refractivity contribution < 1.29 is 14.7 Å². The first kappa shape index (κ1) is 13.7. The minimum absolute atomic E-state index is 0.0524. The van der Waals surface area contributed by atoms with Crippen LogP contribution < -0.4 is 10.2 Å². The van der Waals surface area contributed by atoms with Crippen LogP contribution in [0.2, 0.25) is 5.02 Å². The maximum absolute atomic E-state index is 11.7. The Labute approximate surface area is 116 Å². The number of aromatic carboxylic acids is 1. The molecule has 2 rings (SSSR count). The van der Waals surface area contributed by atoms with Gasteiger partial charge in [0.2, 0.25) is 5.91 Å². The van der Waals surface area contributed by atoms with E-state index in [1.807, 2.05) is 0 Å². The molecule has 1 aromatic rings. The number of nitrogens with zero attached hydrogens (tertiary/aromatic N) is 1. The van der Waals surface area contributed by atoms with E-state index in [4.69, 9.17) is 16.7 Å². The number of likely N-dealkylation sites (N-methyl/N-ethyl adjacent to an activating group) is 1. The Kier molecular flexibility index (Phi) is 3.95. The SMILES string of the molecule is CN(CC(=O)NC1CC1)c1ccc(C(=O)O)cc1Cl. The van der Waals surface area contributed by atoms with Crippen LogP contribution in [0.5, 0.6) is 0 Å². The summed E-state index contributed by atoms with van der Waals surface area (Å²) in [5.41, 5.74) is 0.766. The summed E-state index contributed by atoms with van der Waals surface area (Å²) in [6, 6.07) is 4.79. The predicted molar refractivity (Wildman–Crippen MR) is 72.8 cm³/mol. The van der Waals surface area contributed by atoms with Gasteiger partial charge < -0.3 is 15.3 Å². The molecule has 1 fully saturated rings. The normalized spacial score (nSPS) is 14.0. The van der Waals surface area contributed by atoms with E-state index in [1.165, 1.54) is 12.1 Å². The second-order valence-corrected chi connectivity index (χ2v) is 5.08. The Morgan fingerprint density at radius 1 is 1.47 bits per heavy atom. The highest BCUT2D eigenvalue weighted by Gasteiger charge is 2.23. The highest BCUT2D eigenvalue weighted by molar-refractivity contribution is 6.33. The van der Waals surface area contributed by atoms with Gasteiger partial charge in [-0.05, 0) is 31.0 Å². The molecule has 6 heteroatoms. The Balaban J connectivity index is 2.03. The van der Waals surface area contributed by atoms with Crippen LogP contribution in [0, 0.1) is 0 Å². The maximum atomic E-state index is 11.7. The second-order valence-electron chi connectivity index (χ2n) is 4.67. The average Bonchev–Trinajstić information content (AvgIpc) is 3.12. The third kappa shape index (κ3) is 3.61. The molecule has 0 unspecified atom stereocenters. The highest BCUT2D eigenvalue weighted by Crippen LogP contribution is 2.26. The zero-order chi connectivity index (χ0) is 14.0. The van der Waals surface area contributed by atoms with Crippen LogP contribution in [-0.2, 0) is 4.79 Å². The molecule has 0 radical (unpaired) electrons. The molecule has 1 aromatic carbocycles. The van der Waals surface area contributed by atoms with E-state index in [0.29, 0.717) is 16.8 Å². The third-order valence-electron chi connectivity index (χ3n) is 2.93. The van der Waals surface area contributed by atoms with Gasteiger partial charge in [0.1, 0.15) is 0 Å². The van der Waals surface area contributed by atoms with Crippen molar-refractivity contribution in [3.8, 4) is 0 Å². The van der Waals surface area contributed by atoms with E-state index in [2.05, 4.69) is 5.32 Å². The van der Waals surface area contributed by atoms with Gasteiger partial charge in [0.05, 0.1) is 22.8 Å². The van der Waals surface area contributed by atoms with E-state index < -0.39 is 5.97 Å². The summed E-state index contributed by atoms with van der Waals surface area (Å²) in [6.07, 6.45) is 2.09. The number of hydrogen-bond donors (Lipinski definition) is 2.